The van der Waals surface area contributed by atoms with Crippen LogP contribution in [-0.2, 0) is 9.53 Å². The number of benzene rings is 1. The quantitative estimate of drug-likeness (QED) is 0.665. The number of carbonyl (C=O) groups excluding carboxylic acids is 2. The number of esters is 1. The first-order valence-electron chi connectivity index (χ1n) is 5.16. The van der Waals surface area contributed by atoms with Crippen molar-refractivity contribution in [1.29, 1.82) is 0 Å². The molecule has 0 saturated heterocycles. The van der Waals surface area contributed by atoms with E-state index in [1.807, 2.05) is 0 Å². The summed E-state index contributed by atoms with van der Waals surface area (Å²) in [7, 11) is 1.23. The summed E-state index contributed by atoms with van der Waals surface area (Å²) in [6.07, 6.45) is 5.19. The number of halogens is 1. The minimum absolute atomic E-state index is 0.0584. The normalized spacial score (nSPS) is 11.2. The summed E-state index contributed by atoms with van der Waals surface area (Å²) in [5, 5.41) is 2.79. The van der Waals surface area contributed by atoms with E-state index in [0.717, 1.165) is 0 Å². The van der Waals surface area contributed by atoms with Crippen molar-refractivity contribution in [3.63, 3.8) is 0 Å². The Morgan fingerprint density at radius 1 is 1.50 bits per heavy atom. The molecule has 1 atom stereocenters. The smallest absolute Gasteiger partial charge is 0.329 e. The molecule has 0 aliphatic carbocycles. The third kappa shape index (κ3) is 3.51. The van der Waals surface area contributed by atoms with E-state index < -0.39 is 17.9 Å². The fourth-order valence-electron chi connectivity index (χ4n) is 1.33. The first-order chi connectivity index (χ1) is 8.60. The number of ether oxygens (including phenoxy) is 1. The van der Waals surface area contributed by atoms with Crippen molar-refractivity contribution in [2.45, 2.75) is 12.5 Å². The van der Waals surface area contributed by atoms with E-state index in [2.05, 4.69) is 16.0 Å². The van der Waals surface area contributed by atoms with Crippen molar-refractivity contribution in [3.05, 3.63) is 34.9 Å². The Labute approximate surface area is 110 Å². The average Bonchev–Trinajstić information content (AvgIpc) is 2.37. The second-order valence-corrected chi connectivity index (χ2v) is 3.84. The molecule has 1 aromatic carbocycles. The summed E-state index contributed by atoms with van der Waals surface area (Å²) in [5.41, 5.74) is 0.282. The number of rotatable bonds is 4. The maximum atomic E-state index is 11.9. The Balaban J connectivity index is 2.83. The molecule has 0 aromatic heterocycles. The molecule has 18 heavy (non-hydrogen) atoms. The highest BCUT2D eigenvalue weighted by atomic mass is 35.5. The van der Waals surface area contributed by atoms with E-state index in [4.69, 9.17) is 18.0 Å². The van der Waals surface area contributed by atoms with Gasteiger partial charge in [-0.1, -0.05) is 23.7 Å². The van der Waals surface area contributed by atoms with Crippen molar-refractivity contribution < 1.29 is 14.3 Å². The van der Waals surface area contributed by atoms with Gasteiger partial charge in [0.05, 0.1) is 17.7 Å². The zero-order valence-corrected chi connectivity index (χ0v) is 10.5. The van der Waals surface area contributed by atoms with Crippen LogP contribution in [0, 0.1) is 12.3 Å². The maximum Gasteiger partial charge on any atom is 0.329 e. The van der Waals surface area contributed by atoms with Gasteiger partial charge in [-0.3, -0.25) is 4.79 Å². The van der Waals surface area contributed by atoms with E-state index in [-0.39, 0.29) is 12.0 Å². The predicted octanol–water partition coefficient (Wildman–Crippen LogP) is 1.63. The van der Waals surface area contributed by atoms with E-state index in [1.165, 1.54) is 7.11 Å². The molecular weight excluding hydrogens is 254 g/mol. The molecular formula is C13H12ClNO3. The van der Waals surface area contributed by atoms with Gasteiger partial charge in [0.2, 0.25) is 0 Å². The minimum atomic E-state index is -0.872. The van der Waals surface area contributed by atoms with Crippen LogP contribution in [0.25, 0.3) is 0 Å². The Bertz CT molecular complexity index is 493. The summed E-state index contributed by atoms with van der Waals surface area (Å²) >= 11 is 5.88. The number of amides is 1. The van der Waals surface area contributed by atoms with Crippen molar-refractivity contribution in [2.75, 3.05) is 7.11 Å². The first kappa shape index (κ1) is 14.1. The van der Waals surface area contributed by atoms with Gasteiger partial charge in [-0.25, -0.2) is 4.79 Å². The van der Waals surface area contributed by atoms with E-state index in [0.29, 0.717) is 5.02 Å². The molecule has 0 heterocycles. The number of hydrogen-bond acceptors (Lipinski definition) is 3. The SMILES string of the molecule is C#CC[C@@H](NC(=O)c1ccccc1Cl)C(=O)OC. The molecule has 0 bridgehead atoms. The van der Waals surface area contributed by atoms with Gasteiger partial charge in [-0.15, -0.1) is 12.3 Å². The van der Waals surface area contributed by atoms with E-state index >= 15 is 0 Å². The van der Waals surface area contributed by atoms with Crippen LogP contribution in [0.2, 0.25) is 5.02 Å². The van der Waals surface area contributed by atoms with Gasteiger partial charge < -0.3 is 10.1 Å². The van der Waals surface area contributed by atoms with Crippen LogP contribution in [-0.4, -0.2) is 25.0 Å². The van der Waals surface area contributed by atoms with Gasteiger partial charge in [0.1, 0.15) is 6.04 Å². The number of carbonyl (C=O) groups is 2. The number of hydrogen-bond donors (Lipinski definition) is 1. The summed E-state index contributed by atoms with van der Waals surface area (Å²) < 4.78 is 4.55. The second kappa shape index (κ2) is 6.67. The highest BCUT2D eigenvalue weighted by Gasteiger charge is 2.21. The highest BCUT2D eigenvalue weighted by molar-refractivity contribution is 6.33. The molecule has 5 heteroatoms. The molecule has 0 spiro atoms. The number of methoxy groups -OCH3 is 1. The fourth-order valence-corrected chi connectivity index (χ4v) is 1.56. The number of nitrogens with one attached hydrogen (secondary N) is 1. The maximum absolute atomic E-state index is 11.9. The van der Waals surface area contributed by atoms with Crippen LogP contribution in [0.5, 0.6) is 0 Å². The Kier molecular flexibility index (Phi) is 5.22. The molecule has 1 aromatic rings. The van der Waals surface area contributed by atoms with Crippen molar-refractivity contribution >= 4 is 23.5 Å². The molecule has 0 aliphatic heterocycles. The van der Waals surface area contributed by atoms with Crippen LogP contribution in [0.3, 0.4) is 0 Å². The molecule has 4 nitrogen and oxygen atoms in total. The topological polar surface area (TPSA) is 55.4 Å². The summed E-state index contributed by atoms with van der Waals surface area (Å²) in [6, 6.07) is 5.66. The molecule has 1 rings (SSSR count). The van der Waals surface area contributed by atoms with Crippen LogP contribution < -0.4 is 5.32 Å². The zero-order valence-electron chi connectivity index (χ0n) is 9.77. The zero-order chi connectivity index (χ0) is 13.5. The molecule has 0 saturated carbocycles. The lowest BCUT2D eigenvalue weighted by Gasteiger charge is -2.14. The lowest BCUT2D eigenvalue weighted by Crippen LogP contribution is -2.41. The van der Waals surface area contributed by atoms with Gasteiger partial charge in [0.15, 0.2) is 0 Å². The summed E-state index contributed by atoms with van der Waals surface area (Å²) in [5.74, 6) is 1.25. The lowest BCUT2D eigenvalue weighted by atomic mass is 10.1. The fraction of sp³-hybridized carbons (Fsp3) is 0.231. The molecule has 94 valence electrons. The molecule has 0 fully saturated rings. The molecule has 0 unspecified atom stereocenters. The average molecular weight is 266 g/mol. The molecule has 0 radical (unpaired) electrons. The standard InChI is InChI=1S/C13H12ClNO3/c1-3-6-11(13(17)18-2)15-12(16)9-7-4-5-8-10(9)14/h1,4-5,7-8,11H,6H2,2H3,(H,15,16)/t11-/m1/s1. The second-order valence-electron chi connectivity index (χ2n) is 3.44. The van der Waals surface area contributed by atoms with Crippen LogP contribution >= 0.6 is 11.6 Å². The van der Waals surface area contributed by atoms with E-state index in [9.17, 15) is 9.59 Å². The van der Waals surface area contributed by atoms with Crippen LogP contribution in [0.1, 0.15) is 16.8 Å². The molecule has 1 amide bonds. The van der Waals surface area contributed by atoms with E-state index in [1.54, 1.807) is 24.3 Å². The van der Waals surface area contributed by atoms with Gasteiger partial charge in [-0.05, 0) is 12.1 Å². The van der Waals surface area contributed by atoms with Gasteiger partial charge in [0, 0.05) is 6.42 Å². The summed E-state index contributed by atoms with van der Waals surface area (Å²) in [6.45, 7) is 0. The van der Waals surface area contributed by atoms with Crippen LogP contribution in [0.15, 0.2) is 24.3 Å². The largest absolute Gasteiger partial charge is 0.467 e. The van der Waals surface area contributed by atoms with Crippen molar-refractivity contribution in [1.82, 2.24) is 5.32 Å². The monoisotopic (exact) mass is 265 g/mol. The van der Waals surface area contributed by atoms with Crippen molar-refractivity contribution in [2.24, 2.45) is 0 Å². The van der Waals surface area contributed by atoms with Gasteiger partial charge in [0.25, 0.3) is 5.91 Å². The number of terminal acetylenes is 1. The molecule has 0 aliphatic rings. The van der Waals surface area contributed by atoms with Crippen molar-refractivity contribution in [3.8, 4) is 12.3 Å². The Morgan fingerprint density at radius 2 is 2.17 bits per heavy atom. The Morgan fingerprint density at radius 3 is 2.72 bits per heavy atom. The minimum Gasteiger partial charge on any atom is -0.467 e. The first-order valence-corrected chi connectivity index (χ1v) is 5.54. The predicted molar refractivity (Wildman–Crippen MR) is 68.2 cm³/mol. The Hall–Kier alpha value is -1.99. The third-order valence-corrected chi connectivity index (χ3v) is 2.56. The lowest BCUT2D eigenvalue weighted by molar-refractivity contribution is -0.142. The third-order valence-electron chi connectivity index (χ3n) is 2.23. The van der Waals surface area contributed by atoms with Crippen LogP contribution in [0.4, 0.5) is 0 Å². The molecule has 1 N–H and O–H groups in total. The summed E-state index contributed by atoms with van der Waals surface area (Å²) in [4.78, 5) is 23.3. The highest BCUT2D eigenvalue weighted by Crippen LogP contribution is 2.14. The van der Waals surface area contributed by atoms with Gasteiger partial charge in [-0.2, -0.15) is 0 Å². The van der Waals surface area contributed by atoms with Gasteiger partial charge >= 0.3 is 5.97 Å².